The zero-order chi connectivity index (χ0) is 16.2. The van der Waals surface area contributed by atoms with E-state index in [0.717, 1.165) is 30.0 Å². The predicted molar refractivity (Wildman–Crippen MR) is 89.5 cm³/mol. The molecule has 0 spiro atoms. The number of aliphatic hydroxyl groups excluding tert-OH is 1. The lowest BCUT2D eigenvalue weighted by atomic mass is 9.85. The Morgan fingerprint density at radius 2 is 1.68 bits per heavy atom. The SMILES string of the molecule is CCc1ccc(C(NCc2ccc(CO)cc2)C(C)(C)C)o1. The second-order valence-corrected chi connectivity index (χ2v) is 6.81. The molecule has 22 heavy (non-hydrogen) atoms. The number of aryl methyl sites for hydroxylation is 1. The fourth-order valence-corrected chi connectivity index (χ4v) is 2.56. The van der Waals surface area contributed by atoms with Crippen molar-refractivity contribution >= 4 is 0 Å². The summed E-state index contributed by atoms with van der Waals surface area (Å²) in [6.45, 7) is 9.61. The Labute approximate surface area is 133 Å². The van der Waals surface area contributed by atoms with Gasteiger partial charge >= 0.3 is 0 Å². The van der Waals surface area contributed by atoms with Crippen molar-refractivity contribution in [1.82, 2.24) is 5.32 Å². The third-order valence-electron chi connectivity index (χ3n) is 3.90. The maximum Gasteiger partial charge on any atom is 0.121 e. The van der Waals surface area contributed by atoms with Gasteiger partial charge in [-0.05, 0) is 28.7 Å². The smallest absolute Gasteiger partial charge is 0.121 e. The van der Waals surface area contributed by atoms with Crippen molar-refractivity contribution in [1.29, 1.82) is 0 Å². The third kappa shape index (κ3) is 4.21. The number of rotatable bonds is 6. The van der Waals surface area contributed by atoms with Crippen molar-refractivity contribution in [3.63, 3.8) is 0 Å². The van der Waals surface area contributed by atoms with E-state index in [2.05, 4.69) is 57.3 Å². The van der Waals surface area contributed by atoms with Gasteiger partial charge < -0.3 is 14.8 Å². The first-order valence-electron chi connectivity index (χ1n) is 7.94. The van der Waals surface area contributed by atoms with Gasteiger partial charge in [0.2, 0.25) is 0 Å². The number of benzene rings is 1. The van der Waals surface area contributed by atoms with Crippen LogP contribution in [0.25, 0.3) is 0 Å². The largest absolute Gasteiger partial charge is 0.464 e. The van der Waals surface area contributed by atoms with Crippen LogP contribution in [0.5, 0.6) is 0 Å². The van der Waals surface area contributed by atoms with Crippen LogP contribution in [0.2, 0.25) is 0 Å². The summed E-state index contributed by atoms with van der Waals surface area (Å²) < 4.78 is 5.95. The molecule has 2 N–H and O–H groups in total. The van der Waals surface area contributed by atoms with Crippen LogP contribution in [-0.2, 0) is 19.6 Å². The van der Waals surface area contributed by atoms with Gasteiger partial charge in [-0.15, -0.1) is 0 Å². The van der Waals surface area contributed by atoms with Gasteiger partial charge in [-0.2, -0.15) is 0 Å². The Bertz CT molecular complexity index is 578. The molecular formula is C19H27NO2. The molecule has 0 radical (unpaired) electrons. The van der Waals surface area contributed by atoms with Crippen molar-refractivity contribution < 1.29 is 9.52 Å². The molecule has 1 unspecified atom stereocenters. The minimum absolute atomic E-state index is 0.0634. The van der Waals surface area contributed by atoms with Gasteiger partial charge in [0.15, 0.2) is 0 Å². The van der Waals surface area contributed by atoms with Crippen LogP contribution in [0.3, 0.4) is 0 Å². The Kier molecular flexibility index (Phi) is 5.43. The third-order valence-corrected chi connectivity index (χ3v) is 3.90. The summed E-state index contributed by atoms with van der Waals surface area (Å²) in [6.07, 6.45) is 0.916. The van der Waals surface area contributed by atoms with Crippen molar-refractivity contribution in [2.45, 2.75) is 53.3 Å². The zero-order valence-electron chi connectivity index (χ0n) is 14.0. The van der Waals surface area contributed by atoms with Crippen LogP contribution in [0.4, 0.5) is 0 Å². The summed E-state index contributed by atoms with van der Waals surface area (Å²) >= 11 is 0. The first-order chi connectivity index (χ1) is 10.4. The van der Waals surface area contributed by atoms with Crippen molar-refractivity contribution in [2.24, 2.45) is 5.41 Å². The van der Waals surface area contributed by atoms with Crippen LogP contribution in [0.1, 0.15) is 56.4 Å². The molecule has 1 aromatic heterocycles. The highest BCUT2D eigenvalue weighted by Gasteiger charge is 2.28. The maximum absolute atomic E-state index is 9.10. The lowest BCUT2D eigenvalue weighted by Gasteiger charge is -2.30. The molecule has 3 heteroatoms. The van der Waals surface area contributed by atoms with E-state index in [1.807, 2.05) is 12.1 Å². The summed E-state index contributed by atoms with van der Waals surface area (Å²) in [5, 5.41) is 12.7. The number of furan rings is 1. The molecule has 0 saturated heterocycles. The molecule has 1 atom stereocenters. The Hall–Kier alpha value is -1.58. The van der Waals surface area contributed by atoms with Gasteiger partial charge in [-0.25, -0.2) is 0 Å². The molecule has 120 valence electrons. The maximum atomic E-state index is 9.10. The monoisotopic (exact) mass is 301 g/mol. The van der Waals surface area contributed by atoms with E-state index in [1.54, 1.807) is 0 Å². The van der Waals surface area contributed by atoms with E-state index in [0.29, 0.717) is 0 Å². The van der Waals surface area contributed by atoms with E-state index in [9.17, 15) is 0 Å². The summed E-state index contributed by atoms with van der Waals surface area (Å²) in [7, 11) is 0. The first-order valence-corrected chi connectivity index (χ1v) is 7.94. The Morgan fingerprint density at radius 1 is 1.05 bits per heavy atom. The van der Waals surface area contributed by atoms with Gasteiger partial charge in [-0.1, -0.05) is 52.0 Å². The first kappa shape index (κ1) is 16.8. The van der Waals surface area contributed by atoms with Gasteiger partial charge in [-0.3, -0.25) is 0 Å². The van der Waals surface area contributed by atoms with E-state index in [1.165, 1.54) is 5.56 Å². The highest BCUT2D eigenvalue weighted by atomic mass is 16.3. The van der Waals surface area contributed by atoms with Crippen LogP contribution in [0, 0.1) is 5.41 Å². The van der Waals surface area contributed by atoms with Crippen molar-refractivity contribution in [3.05, 3.63) is 59.0 Å². The van der Waals surface area contributed by atoms with Gasteiger partial charge in [0.05, 0.1) is 12.6 Å². The molecule has 0 aliphatic carbocycles. The number of aliphatic hydroxyl groups is 1. The predicted octanol–water partition coefficient (Wildman–Crippen LogP) is 4.21. The summed E-state index contributed by atoms with van der Waals surface area (Å²) in [5.41, 5.74) is 2.21. The van der Waals surface area contributed by atoms with Crippen molar-refractivity contribution in [2.75, 3.05) is 0 Å². The van der Waals surface area contributed by atoms with Crippen LogP contribution >= 0.6 is 0 Å². The molecule has 0 aliphatic rings. The minimum atomic E-state index is 0.0634. The van der Waals surface area contributed by atoms with Crippen molar-refractivity contribution in [3.8, 4) is 0 Å². The summed E-state index contributed by atoms with van der Waals surface area (Å²) in [5.74, 6) is 2.02. The Balaban J connectivity index is 2.09. The average Bonchev–Trinajstić information content (AvgIpc) is 2.95. The van der Waals surface area contributed by atoms with E-state index in [-0.39, 0.29) is 18.1 Å². The molecule has 0 bridgehead atoms. The molecule has 2 aromatic rings. The van der Waals surface area contributed by atoms with Gasteiger partial charge in [0.25, 0.3) is 0 Å². The number of hydrogen-bond acceptors (Lipinski definition) is 3. The molecule has 2 rings (SSSR count). The number of nitrogens with one attached hydrogen (secondary N) is 1. The second kappa shape index (κ2) is 7.12. The van der Waals surface area contributed by atoms with Crippen LogP contribution < -0.4 is 5.32 Å². The normalized spacial score (nSPS) is 13.3. The molecular weight excluding hydrogens is 274 g/mol. The molecule has 0 aliphatic heterocycles. The second-order valence-electron chi connectivity index (χ2n) is 6.81. The Morgan fingerprint density at radius 3 is 2.18 bits per heavy atom. The van der Waals surface area contributed by atoms with E-state index >= 15 is 0 Å². The van der Waals surface area contributed by atoms with Gasteiger partial charge in [0.1, 0.15) is 11.5 Å². The average molecular weight is 301 g/mol. The summed E-state index contributed by atoms with van der Waals surface area (Å²) in [6, 6.07) is 12.3. The number of hydrogen-bond donors (Lipinski definition) is 2. The molecule has 0 saturated carbocycles. The lowest BCUT2D eigenvalue weighted by Crippen LogP contribution is -2.31. The lowest BCUT2D eigenvalue weighted by molar-refractivity contribution is 0.232. The zero-order valence-corrected chi connectivity index (χ0v) is 14.0. The fourth-order valence-electron chi connectivity index (χ4n) is 2.56. The molecule has 0 amide bonds. The van der Waals surface area contributed by atoms with E-state index < -0.39 is 0 Å². The van der Waals surface area contributed by atoms with Crippen LogP contribution in [-0.4, -0.2) is 5.11 Å². The summed E-state index contributed by atoms with van der Waals surface area (Å²) in [4.78, 5) is 0. The molecule has 1 aromatic carbocycles. The van der Waals surface area contributed by atoms with E-state index in [4.69, 9.17) is 9.52 Å². The topological polar surface area (TPSA) is 45.4 Å². The molecule has 3 nitrogen and oxygen atoms in total. The minimum Gasteiger partial charge on any atom is -0.464 e. The van der Waals surface area contributed by atoms with Crippen LogP contribution in [0.15, 0.2) is 40.8 Å². The highest BCUT2D eigenvalue weighted by Crippen LogP contribution is 2.34. The molecule has 0 fully saturated rings. The quantitative estimate of drug-likeness (QED) is 0.840. The molecule has 1 heterocycles. The standard InChI is InChI=1S/C19H27NO2/c1-5-16-10-11-17(22-16)18(19(2,3)4)20-12-14-6-8-15(13-21)9-7-14/h6-11,18,20-21H,5,12-13H2,1-4H3. The van der Waals surface area contributed by atoms with Gasteiger partial charge in [0, 0.05) is 13.0 Å². The highest BCUT2D eigenvalue weighted by molar-refractivity contribution is 5.22. The fraction of sp³-hybridized carbons (Fsp3) is 0.474.